The number of likely N-dealkylation sites (tertiary alicyclic amines) is 1. The summed E-state index contributed by atoms with van der Waals surface area (Å²) in [5.41, 5.74) is 0. The summed E-state index contributed by atoms with van der Waals surface area (Å²) in [6, 6.07) is -1.76. The van der Waals surface area contributed by atoms with Crippen LogP contribution in [-0.2, 0) is 14.3 Å². The van der Waals surface area contributed by atoms with Crippen LogP contribution in [0.2, 0.25) is 0 Å². The van der Waals surface area contributed by atoms with Crippen molar-refractivity contribution in [3.63, 3.8) is 0 Å². The van der Waals surface area contributed by atoms with Gasteiger partial charge in [-0.15, -0.1) is 0 Å². The maximum Gasteiger partial charge on any atom is 0.407 e. The van der Waals surface area contributed by atoms with Crippen LogP contribution in [0.15, 0.2) is 0 Å². The molecule has 2 N–H and O–H groups in total. The van der Waals surface area contributed by atoms with Crippen LogP contribution in [-0.4, -0.2) is 53.2 Å². The molecule has 22 heavy (non-hydrogen) atoms. The van der Waals surface area contributed by atoms with Gasteiger partial charge < -0.3 is 20.1 Å². The molecule has 1 heterocycles. The summed E-state index contributed by atoms with van der Waals surface area (Å²) in [7, 11) is 1.22. The molecule has 0 aromatic carbocycles. The number of alkyl carbamates (subject to hydrolysis) is 1. The molecule has 0 aromatic rings. The highest BCUT2D eigenvalue weighted by atomic mass is 16.5. The van der Waals surface area contributed by atoms with E-state index in [2.05, 4.69) is 10.1 Å². The molecule has 7 nitrogen and oxygen atoms in total. The SMILES string of the molecule is CC.COC(=O)NC(C(=O)N1C(C)CCC1C(=O)O)C(C)C. The monoisotopic (exact) mass is 316 g/mol. The van der Waals surface area contributed by atoms with Gasteiger partial charge in [0.15, 0.2) is 0 Å². The first-order chi connectivity index (χ1) is 10.3. The molecule has 1 saturated heterocycles. The maximum absolute atomic E-state index is 12.6. The van der Waals surface area contributed by atoms with E-state index in [1.807, 2.05) is 20.8 Å². The van der Waals surface area contributed by atoms with Gasteiger partial charge in [-0.1, -0.05) is 27.7 Å². The molecule has 2 amide bonds. The molecule has 1 aliphatic rings. The summed E-state index contributed by atoms with van der Waals surface area (Å²) < 4.78 is 4.51. The van der Waals surface area contributed by atoms with Crippen LogP contribution in [0.1, 0.15) is 47.5 Å². The Balaban J connectivity index is 0.00000211. The van der Waals surface area contributed by atoms with Crippen molar-refractivity contribution in [1.82, 2.24) is 10.2 Å². The number of methoxy groups -OCH3 is 1. The van der Waals surface area contributed by atoms with Crippen molar-refractivity contribution in [2.24, 2.45) is 5.92 Å². The molecule has 0 aliphatic carbocycles. The van der Waals surface area contributed by atoms with E-state index >= 15 is 0 Å². The molecule has 0 aromatic heterocycles. The van der Waals surface area contributed by atoms with Crippen LogP contribution in [0.4, 0.5) is 4.79 Å². The van der Waals surface area contributed by atoms with E-state index in [4.69, 9.17) is 0 Å². The largest absolute Gasteiger partial charge is 0.480 e. The first-order valence-corrected chi connectivity index (χ1v) is 7.69. The van der Waals surface area contributed by atoms with Gasteiger partial charge in [0.25, 0.3) is 0 Å². The highest BCUT2D eigenvalue weighted by Gasteiger charge is 2.42. The molecular formula is C15H28N2O5. The van der Waals surface area contributed by atoms with E-state index in [0.717, 1.165) is 0 Å². The summed E-state index contributed by atoms with van der Waals surface area (Å²) in [5, 5.41) is 11.7. The molecule has 3 atom stereocenters. The number of amides is 2. The second kappa shape index (κ2) is 9.27. The average Bonchev–Trinajstić information content (AvgIpc) is 2.87. The lowest BCUT2D eigenvalue weighted by molar-refractivity contribution is -0.150. The fourth-order valence-electron chi connectivity index (χ4n) is 2.46. The van der Waals surface area contributed by atoms with Crippen molar-refractivity contribution in [1.29, 1.82) is 0 Å². The number of nitrogens with one attached hydrogen (secondary N) is 1. The predicted octanol–water partition coefficient (Wildman–Crippen LogP) is 1.86. The molecule has 0 bridgehead atoms. The molecule has 1 aliphatic heterocycles. The van der Waals surface area contributed by atoms with Gasteiger partial charge >= 0.3 is 12.1 Å². The topological polar surface area (TPSA) is 95.9 Å². The molecule has 3 unspecified atom stereocenters. The van der Waals surface area contributed by atoms with Crippen molar-refractivity contribution in [2.45, 2.75) is 65.6 Å². The van der Waals surface area contributed by atoms with E-state index in [-0.39, 0.29) is 17.9 Å². The van der Waals surface area contributed by atoms with Crippen molar-refractivity contribution in [3.8, 4) is 0 Å². The summed E-state index contributed by atoms with van der Waals surface area (Å²) in [4.78, 5) is 36.5. The highest BCUT2D eigenvalue weighted by Crippen LogP contribution is 2.26. The van der Waals surface area contributed by atoms with Crippen LogP contribution in [0.5, 0.6) is 0 Å². The van der Waals surface area contributed by atoms with Gasteiger partial charge in [-0.05, 0) is 25.7 Å². The number of nitrogens with zero attached hydrogens (tertiary/aromatic N) is 1. The standard InChI is InChI=1S/C13H22N2O5.C2H6/c1-7(2)10(14-13(19)20-4)11(16)15-8(3)5-6-9(15)12(17)18;1-2/h7-10H,5-6H2,1-4H3,(H,14,19)(H,17,18);1-2H3. The summed E-state index contributed by atoms with van der Waals surface area (Å²) in [6.07, 6.45) is 0.382. The Morgan fingerprint density at radius 3 is 2.18 bits per heavy atom. The molecular weight excluding hydrogens is 288 g/mol. The van der Waals surface area contributed by atoms with E-state index in [9.17, 15) is 19.5 Å². The Labute approximate surface area is 132 Å². The van der Waals surface area contributed by atoms with Crippen LogP contribution in [0, 0.1) is 5.92 Å². The first kappa shape index (κ1) is 20.2. The molecule has 0 spiro atoms. The molecule has 128 valence electrons. The minimum absolute atomic E-state index is 0.149. The summed E-state index contributed by atoms with van der Waals surface area (Å²) in [6.45, 7) is 9.39. The maximum atomic E-state index is 12.6. The van der Waals surface area contributed by atoms with E-state index in [1.165, 1.54) is 12.0 Å². The zero-order chi connectivity index (χ0) is 17.4. The fourth-order valence-corrected chi connectivity index (χ4v) is 2.46. The van der Waals surface area contributed by atoms with Crippen LogP contribution < -0.4 is 5.32 Å². The minimum Gasteiger partial charge on any atom is -0.480 e. The first-order valence-electron chi connectivity index (χ1n) is 7.69. The van der Waals surface area contributed by atoms with Crippen molar-refractivity contribution >= 4 is 18.0 Å². The van der Waals surface area contributed by atoms with Gasteiger partial charge in [-0.2, -0.15) is 0 Å². The normalized spacial score (nSPS) is 21.7. The minimum atomic E-state index is -1.01. The summed E-state index contributed by atoms with van der Waals surface area (Å²) in [5.74, 6) is -1.55. The molecule has 0 saturated carbocycles. The number of aliphatic carboxylic acids is 1. The Bertz CT molecular complexity index is 397. The third kappa shape index (κ3) is 4.89. The number of hydrogen-bond acceptors (Lipinski definition) is 4. The van der Waals surface area contributed by atoms with Crippen molar-refractivity contribution in [3.05, 3.63) is 0 Å². The smallest absolute Gasteiger partial charge is 0.407 e. The van der Waals surface area contributed by atoms with Crippen molar-refractivity contribution in [2.75, 3.05) is 7.11 Å². The second-order valence-electron chi connectivity index (χ2n) is 5.38. The number of carboxylic acids is 1. The lowest BCUT2D eigenvalue weighted by Crippen LogP contribution is -2.55. The van der Waals surface area contributed by atoms with Crippen LogP contribution in [0.3, 0.4) is 0 Å². The third-order valence-corrected chi connectivity index (χ3v) is 3.60. The van der Waals surface area contributed by atoms with Gasteiger partial charge in [0, 0.05) is 6.04 Å². The highest BCUT2D eigenvalue weighted by molar-refractivity contribution is 5.90. The second-order valence-corrected chi connectivity index (χ2v) is 5.38. The molecule has 1 fully saturated rings. The predicted molar refractivity (Wildman–Crippen MR) is 82.5 cm³/mol. The zero-order valence-corrected chi connectivity index (χ0v) is 14.3. The number of carbonyl (C=O) groups is 3. The Morgan fingerprint density at radius 1 is 1.23 bits per heavy atom. The fraction of sp³-hybridized carbons (Fsp3) is 0.800. The zero-order valence-electron chi connectivity index (χ0n) is 14.3. The van der Waals surface area contributed by atoms with Gasteiger partial charge in [0.2, 0.25) is 5.91 Å². The Kier molecular flexibility index (Phi) is 8.52. The van der Waals surface area contributed by atoms with Gasteiger partial charge in [0.05, 0.1) is 7.11 Å². The Morgan fingerprint density at radius 2 is 1.77 bits per heavy atom. The van der Waals surface area contributed by atoms with Crippen molar-refractivity contribution < 1.29 is 24.2 Å². The van der Waals surface area contributed by atoms with E-state index in [0.29, 0.717) is 12.8 Å². The Hall–Kier alpha value is -1.79. The third-order valence-electron chi connectivity index (χ3n) is 3.60. The van der Waals surface area contributed by atoms with Gasteiger partial charge in [0.1, 0.15) is 12.1 Å². The molecule has 1 rings (SSSR count). The number of carboxylic acid groups (broad SMARTS) is 1. The average molecular weight is 316 g/mol. The van der Waals surface area contributed by atoms with Gasteiger partial charge in [-0.3, -0.25) is 4.79 Å². The number of ether oxygens (including phenoxy) is 1. The molecule has 7 heteroatoms. The quantitative estimate of drug-likeness (QED) is 0.825. The van der Waals surface area contributed by atoms with Gasteiger partial charge in [-0.25, -0.2) is 9.59 Å². The number of hydrogen-bond donors (Lipinski definition) is 2. The van der Waals surface area contributed by atoms with E-state index in [1.54, 1.807) is 13.8 Å². The number of rotatable bonds is 4. The van der Waals surface area contributed by atoms with E-state index < -0.39 is 24.1 Å². The lowest BCUT2D eigenvalue weighted by Gasteiger charge is -2.31. The van der Waals surface area contributed by atoms with Crippen LogP contribution in [0.25, 0.3) is 0 Å². The van der Waals surface area contributed by atoms with Crippen LogP contribution >= 0.6 is 0 Å². The summed E-state index contributed by atoms with van der Waals surface area (Å²) >= 11 is 0. The lowest BCUT2D eigenvalue weighted by atomic mass is 10.0. The molecule has 0 radical (unpaired) electrons. The number of carbonyl (C=O) groups excluding carboxylic acids is 2.